The van der Waals surface area contributed by atoms with E-state index in [1.54, 1.807) is 6.08 Å². The van der Waals surface area contributed by atoms with Gasteiger partial charge in [0.1, 0.15) is 12.2 Å². The molecule has 1 aromatic heterocycles. The van der Waals surface area contributed by atoms with Crippen molar-refractivity contribution >= 4 is 12.0 Å². The number of nitrogens with one attached hydrogen (secondary N) is 2. The summed E-state index contributed by atoms with van der Waals surface area (Å²) in [6.07, 6.45) is 5.72. The molecule has 1 amide bonds. The minimum absolute atomic E-state index is 0.157. The second kappa shape index (κ2) is 6.49. The summed E-state index contributed by atoms with van der Waals surface area (Å²) >= 11 is 0. The molecule has 2 N–H and O–H groups in total. The predicted octanol–water partition coefficient (Wildman–Crippen LogP) is 1.70. The number of carbonyl (C=O) groups is 1. The lowest BCUT2D eigenvalue weighted by atomic mass is 10.1. The van der Waals surface area contributed by atoms with Crippen LogP contribution in [-0.4, -0.2) is 21.1 Å². The highest BCUT2D eigenvalue weighted by atomic mass is 16.1. The number of rotatable bonds is 5. The molecule has 0 aliphatic carbocycles. The Balaban J connectivity index is 1.85. The molecule has 1 heterocycles. The summed E-state index contributed by atoms with van der Waals surface area (Å²) in [6.45, 7) is 2.46. The molecule has 5 nitrogen and oxygen atoms in total. The molecule has 0 aliphatic rings. The Labute approximate surface area is 111 Å². The SMILES string of the molecule is CCc1ccc(/C=C/C(=O)NCc2ncn[nH]2)cc1. The molecular weight excluding hydrogens is 240 g/mol. The first-order chi connectivity index (χ1) is 9.28. The van der Waals surface area contributed by atoms with E-state index in [-0.39, 0.29) is 5.91 Å². The van der Waals surface area contributed by atoms with Crippen molar-refractivity contribution in [2.45, 2.75) is 19.9 Å². The molecular formula is C14H16N4O. The Morgan fingerprint density at radius 2 is 2.16 bits per heavy atom. The van der Waals surface area contributed by atoms with Gasteiger partial charge in [0, 0.05) is 6.08 Å². The molecule has 19 heavy (non-hydrogen) atoms. The first kappa shape index (κ1) is 13.0. The van der Waals surface area contributed by atoms with Gasteiger partial charge in [-0.25, -0.2) is 4.98 Å². The first-order valence-corrected chi connectivity index (χ1v) is 6.17. The van der Waals surface area contributed by atoms with Crippen molar-refractivity contribution in [1.29, 1.82) is 0 Å². The quantitative estimate of drug-likeness (QED) is 0.800. The number of hydrogen-bond acceptors (Lipinski definition) is 3. The van der Waals surface area contributed by atoms with Crippen LogP contribution in [0.3, 0.4) is 0 Å². The van der Waals surface area contributed by atoms with Crippen LogP contribution in [0.5, 0.6) is 0 Å². The Morgan fingerprint density at radius 1 is 1.37 bits per heavy atom. The van der Waals surface area contributed by atoms with E-state index < -0.39 is 0 Å². The lowest BCUT2D eigenvalue weighted by molar-refractivity contribution is -0.116. The van der Waals surface area contributed by atoms with Crippen molar-refractivity contribution < 1.29 is 4.79 Å². The van der Waals surface area contributed by atoms with Crippen LogP contribution in [0.2, 0.25) is 0 Å². The van der Waals surface area contributed by atoms with Crippen molar-refractivity contribution in [3.63, 3.8) is 0 Å². The van der Waals surface area contributed by atoms with Gasteiger partial charge in [-0.15, -0.1) is 0 Å². The van der Waals surface area contributed by atoms with Crippen LogP contribution in [-0.2, 0) is 17.8 Å². The number of aromatic amines is 1. The fraction of sp³-hybridized carbons (Fsp3) is 0.214. The van der Waals surface area contributed by atoms with Crippen LogP contribution < -0.4 is 5.32 Å². The Bertz CT molecular complexity index is 543. The zero-order chi connectivity index (χ0) is 13.5. The topological polar surface area (TPSA) is 70.7 Å². The Morgan fingerprint density at radius 3 is 2.79 bits per heavy atom. The fourth-order valence-corrected chi connectivity index (χ4v) is 1.58. The van der Waals surface area contributed by atoms with Crippen LogP contribution in [0.4, 0.5) is 0 Å². The zero-order valence-electron chi connectivity index (χ0n) is 10.8. The number of aromatic nitrogens is 3. The van der Waals surface area contributed by atoms with Gasteiger partial charge in [0.15, 0.2) is 0 Å². The van der Waals surface area contributed by atoms with Crippen molar-refractivity contribution in [3.8, 4) is 0 Å². The fourth-order valence-electron chi connectivity index (χ4n) is 1.58. The molecule has 0 saturated carbocycles. The molecule has 0 fully saturated rings. The van der Waals surface area contributed by atoms with Crippen molar-refractivity contribution in [1.82, 2.24) is 20.5 Å². The molecule has 2 aromatic rings. The maximum absolute atomic E-state index is 11.6. The van der Waals surface area contributed by atoms with E-state index in [1.807, 2.05) is 12.1 Å². The second-order valence-corrected chi connectivity index (χ2v) is 4.08. The lowest BCUT2D eigenvalue weighted by Crippen LogP contribution is -2.20. The highest BCUT2D eigenvalue weighted by Gasteiger charge is 1.98. The third-order valence-electron chi connectivity index (χ3n) is 2.71. The number of nitrogens with zero attached hydrogens (tertiary/aromatic N) is 2. The molecule has 98 valence electrons. The summed E-state index contributed by atoms with van der Waals surface area (Å²) in [7, 11) is 0. The van der Waals surface area contributed by atoms with E-state index in [0.29, 0.717) is 12.4 Å². The van der Waals surface area contributed by atoms with Crippen molar-refractivity contribution in [2.24, 2.45) is 0 Å². The normalized spacial score (nSPS) is 10.8. The third kappa shape index (κ3) is 4.06. The standard InChI is InChI=1S/C14H16N4O/c1-2-11-3-5-12(6-4-11)7-8-14(19)15-9-13-16-10-17-18-13/h3-8,10H,2,9H2,1H3,(H,15,19)(H,16,17,18)/b8-7+. The molecule has 0 bridgehead atoms. The molecule has 0 atom stereocenters. The third-order valence-corrected chi connectivity index (χ3v) is 2.71. The minimum Gasteiger partial charge on any atom is -0.345 e. The average molecular weight is 256 g/mol. The van der Waals surface area contributed by atoms with E-state index in [9.17, 15) is 4.79 Å². The Hall–Kier alpha value is -2.43. The van der Waals surface area contributed by atoms with E-state index in [0.717, 1.165) is 12.0 Å². The van der Waals surface area contributed by atoms with Gasteiger partial charge >= 0.3 is 0 Å². The van der Waals surface area contributed by atoms with Crippen LogP contribution in [0.25, 0.3) is 6.08 Å². The summed E-state index contributed by atoms with van der Waals surface area (Å²) in [6, 6.07) is 8.12. The predicted molar refractivity (Wildman–Crippen MR) is 73.1 cm³/mol. The van der Waals surface area contributed by atoms with Gasteiger partial charge in [-0.2, -0.15) is 5.10 Å². The van der Waals surface area contributed by atoms with Crippen molar-refractivity contribution in [3.05, 3.63) is 53.6 Å². The van der Waals surface area contributed by atoms with Crippen LogP contribution in [0, 0.1) is 0 Å². The molecule has 1 aromatic carbocycles. The van der Waals surface area contributed by atoms with Gasteiger partial charge in [-0.1, -0.05) is 31.2 Å². The van der Waals surface area contributed by atoms with E-state index >= 15 is 0 Å². The average Bonchev–Trinajstić information content (AvgIpc) is 2.96. The number of hydrogen-bond donors (Lipinski definition) is 2. The van der Waals surface area contributed by atoms with Gasteiger partial charge in [-0.3, -0.25) is 9.89 Å². The smallest absolute Gasteiger partial charge is 0.244 e. The molecule has 0 radical (unpaired) electrons. The zero-order valence-corrected chi connectivity index (χ0v) is 10.8. The molecule has 0 unspecified atom stereocenters. The van der Waals surface area contributed by atoms with Gasteiger partial charge < -0.3 is 5.32 Å². The maximum Gasteiger partial charge on any atom is 0.244 e. The van der Waals surface area contributed by atoms with Gasteiger partial charge in [0.2, 0.25) is 5.91 Å². The number of carbonyl (C=O) groups excluding carboxylic acids is 1. The van der Waals surface area contributed by atoms with Gasteiger partial charge in [0.05, 0.1) is 6.54 Å². The van der Waals surface area contributed by atoms with E-state index in [2.05, 4.69) is 39.6 Å². The summed E-state index contributed by atoms with van der Waals surface area (Å²) in [4.78, 5) is 15.5. The number of amides is 1. The number of H-pyrrole nitrogens is 1. The van der Waals surface area contributed by atoms with Crippen LogP contribution >= 0.6 is 0 Å². The number of aryl methyl sites for hydroxylation is 1. The summed E-state index contributed by atoms with van der Waals surface area (Å²) in [5.41, 5.74) is 2.29. The highest BCUT2D eigenvalue weighted by molar-refractivity contribution is 5.91. The van der Waals surface area contributed by atoms with Crippen LogP contribution in [0.1, 0.15) is 23.9 Å². The maximum atomic E-state index is 11.6. The largest absolute Gasteiger partial charge is 0.345 e. The van der Waals surface area contributed by atoms with E-state index in [1.165, 1.54) is 18.0 Å². The molecule has 2 rings (SSSR count). The summed E-state index contributed by atoms with van der Waals surface area (Å²) in [5.74, 6) is 0.477. The summed E-state index contributed by atoms with van der Waals surface area (Å²) in [5, 5.41) is 9.10. The lowest BCUT2D eigenvalue weighted by Gasteiger charge is -1.99. The monoisotopic (exact) mass is 256 g/mol. The second-order valence-electron chi connectivity index (χ2n) is 4.08. The molecule has 0 saturated heterocycles. The highest BCUT2D eigenvalue weighted by Crippen LogP contribution is 2.06. The van der Waals surface area contributed by atoms with Gasteiger partial charge in [-0.05, 0) is 23.6 Å². The first-order valence-electron chi connectivity index (χ1n) is 6.17. The molecule has 0 spiro atoms. The molecule has 0 aliphatic heterocycles. The van der Waals surface area contributed by atoms with Crippen molar-refractivity contribution in [2.75, 3.05) is 0 Å². The Kier molecular flexibility index (Phi) is 4.44. The van der Waals surface area contributed by atoms with E-state index in [4.69, 9.17) is 0 Å². The molecule has 5 heteroatoms. The summed E-state index contributed by atoms with van der Waals surface area (Å²) < 4.78 is 0. The minimum atomic E-state index is -0.157. The van der Waals surface area contributed by atoms with Crippen LogP contribution in [0.15, 0.2) is 36.7 Å². The van der Waals surface area contributed by atoms with Gasteiger partial charge in [0.25, 0.3) is 0 Å². The number of benzene rings is 1.